The molecule has 25 heavy (non-hydrogen) atoms. The summed E-state index contributed by atoms with van der Waals surface area (Å²) in [7, 11) is 0. The molecule has 1 fully saturated rings. The maximum atomic E-state index is 13.3. The van der Waals surface area contributed by atoms with Crippen molar-refractivity contribution in [3.8, 4) is 0 Å². The molecule has 2 aromatic heterocycles. The summed E-state index contributed by atoms with van der Waals surface area (Å²) in [4.78, 5) is 23.4. The average Bonchev–Trinajstić information content (AvgIpc) is 3.35. The lowest BCUT2D eigenvalue weighted by molar-refractivity contribution is 0.0719. The molecule has 4 rings (SSSR count). The number of likely N-dealkylation sites (tertiary alicyclic amines) is 1. The molecule has 1 aromatic carbocycles. The zero-order chi connectivity index (χ0) is 17.2. The van der Waals surface area contributed by atoms with Gasteiger partial charge in [-0.15, -0.1) is 11.3 Å². The van der Waals surface area contributed by atoms with Crippen molar-refractivity contribution in [3.05, 3.63) is 70.1 Å². The first-order valence-corrected chi connectivity index (χ1v) is 8.97. The molecule has 1 atom stereocenters. The lowest BCUT2D eigenvalue weighted by atomic mass is 10.1. The van der Waals surface area contributed by atoms with Crippen molar-refractivity contribution in [1.82, 2.24) is 14.9 Å². The minimum atomic E-state index is -0.269. The van der Waals surface area contributed by atoms with Crippen LogP contribution in [0.15, 0.2) is 46.6 Å². The number of aromatic nitrogens is 2. The molecule has 1 saturated heterocycles. The highest BCUT2D eigenvalue weighted by Gasteiger charge is 2.34. The van der Waals surface area contributed by atoms with Crippen LogP contribution >= 0.6 is 11.3 Å². The van der Waals surface area contributed by atoms with E-state index in [0.717, 1.165) is 18.4 Å². The largest absolute Gasteiger partial charge is 0.443 e. The van der Waals surface area contributed by atoms with Crippen molar-refractivity contribution in [3.63, 3.8) is 0 Å². The van der Waals surface area contributed by atoms with E-state index in [1.807, 2.05) is 6.07 Å². The number of benzene rings is 1. The Hall–Kier alpha value is -2.54. The summed E-state index contributed by atoms with van der Waals surface area (Å²) in [5.74, 6) is 0.906. The van der Waals surface area contributed by atoms with Crippen LogP contribution in [0.25, 0.3) is 0 Å². The number of thiazole rings is 1. The Labute approximate surface area is 148 Å². The number of carbonyl (C=O) groups excluding carboxylic acids is 1. The first-order valence-electron chi connectivity index (χ1n) is 8.09. The summed E-state index contributed by atoms with van der Waals surface area (Å²) >= 11 is 1.33. The zero-order valence-corrected chi connectivity index (χ0v) is 14.2. The van der Waals surface area contributed by atoms with Gasteiger partial charge in [-0.2, -0.15) is 0 Å². The van der Waals surface area contributed by atoms with Gasteiger partial charge in [0, 0.05) is 13.0 Å². The third kappa shape index (κ3) is 3.32. The van der Waals surface area contributed by atoms with Gasteiger partial charge in [0.15, 0.2) is 0 Å². The van der Waals surface area contributed by atoms with Crippen LogP contribution < -0.4 is 0 Å². The Balaban J connectivity index is 1.52. The first-order chi connectivity index (χ1) is 12.2. The molecule has 0 aliphatic carbocycles. The van der Waals surface area contributed by atoms with Crippen molar-refractivity contribution >= 4 is 17.2 Å². The fraction of sp³-hybridized carbons (Fsp3) is 0.278. The highest BCUT2D eigenvalue weighted by molar-refractivity contribution is 7.11. The van der Waals surface area contributed by atoms with Gasteiger partial charge in [-0.25, -0.2) is 9.37 Å². The highest BCUT2D eigenvalue weighted by Crippen LogP contribution is 2.33. The van der Waals surface area contributed by atoms with Gasteiger partial charge >= 0.3 is 0 Å². The smallest absolute Gasteiger partial charge is 0.266 e. The Morgan fingerprint density at radius 1 is 1.40 bits per heavy atom. The molecule has 0 saturated carbocycles. The second-order valence-electron chi connectivity index (χ2n) is 5.99. The van der Waals surface area contributed by atoms with Gasteiger partial charge in [0.1, 0.15) is 22.5 Å². The second-order valence-corrected chi connectivity index (χ2v) is 6.88. The molecule has 1 unspecified atom stereocenters. The van der Waals surface area contributed by atoms with Gasteiger partial charge in [-0.05, 0) is 30.5 Å². The normalized spacial score (nSPS) is 17.2. The third-order valence-electron chi connectivity index (χ3n) is 4.28. The Morgan fingerprint density at radius 3 is 3.12 bits per heavy atom. The summed E-state index contributed by atoms with van der Waals surface area (Å²) in [5, 5.41) is 0. The van der Waals surface area contributed by atoms with Crippen molar-refractivity contribution in [2.45, 2.75) is 25.3 Å². The topological polar surface area (TPSA) is 59.2 Å². The number of nitrogens with zero attached hydrogens (tertiary/aromatic N) is 3. The summed E-state index contributed by atoms with van der Waals surface area (Å²) < 4.78 is 19.2. The van der Waals surface area contributed by atoms with E-state index in [1.165, 1.54) is 23.5 Å². The van der Waals surface area contributed by atoms with Crippen LogP contribution in [0.2, 0.25) is 0 Å². The van der Waals surface area contributed by atoms with Crippen LogP contribution in [0.3, 0.4) is 0 Å². The molecular weight excluding hydrogens is 341 g/mol. The number of amides is 1. The molecule has 3 aromatic rings. The quantitative estimate of drug-likeness (QED) is 0.712. The molecule has 1 aliphatic rings. The number of carbonyl (C=O) groups is 1. The second kappa shape index (κ2) is 6.76. The van der Waals surface area contributed by atoms with E-state index >= 15 is 0 Å². The number of rotatable bonds is 4. The molecule has 5 nitrogen and oxygen atoms in total. The predicted octanol–water partition coefficient (Wildman–Crippen LogP) is 3.84. The molecule has 128 valence electrons. The maximum Gasteiger partial charge on any atom is 0.266 e. The van der Waals surface area contributed by atoms with Crippen molar-refractivity contribution in [2.24, 2.45) is 0 Å². The van der Waals surface area contributed by atoms with Crippen LogP contribution in [0.4, 0.5) is 4.39 Å². The average molecular weight is 357 g/mol. The molecule has 0 radical (unpaired) electrons. The summed E-state index contributed by atoms with van der Waals surface area (Å²) in [6.07, 6.45) is 5.46. The minimum Gasteiger partial charge on any atom is -0.443 e. The fourth-order valence-corrected chi connectivity index (χ4v) is 3.71. The lowest BCUT2D eigenvalue weighted by Gasteiger charge is -2.21. The Morgan fingerprint density at radius 2 is 2.32 bits per heavy atom. The van der Waals surface area contributed by atoms with Crippen LogP contribution in [0.1, 0.15) is 45.8 Å². The summed E-state index contributed by atoms with van der Waals surface area (Å²) in [6.45, 7) is 0.684. The Bertz CT molecular complexity index is 878. The highest BCUT2D eigenvalue weighted by atomic mass is 32.1. The number of halogens is 1. The molecule has 0 spiro atoms. The van der Waals surface area contributed by atoms with Crippen LogP contribution in [-0.4, -0.2) is 27.3 Å². The van der Waals surface area contributed by atoms with Crippen LogP contribution in [-0.2, 0) is 6.42 Å². The molecule has 0 bridgehead atoms. The molecule has 1 amide bonds. The van der Waals surface area contributed by atoms with E-state index in [2.05, 4.69) is 9.97 Å². The number of oxazole rings is 1. The summed E-state index contributed by atoms with van der Waals surface area (Å²) in [5.41, 5.74) is 2.48. The van der Waals surface area contributed by atoms with Gasteiger partial charge in [0.05, 0.1) is 17.9 Å². The van der Waals surface area contributed by atoms with Gasteiger partial charge in [0.2, 0.25) is 5.89 Å². The van der Waals surface area contributed by atoms with Crippen molar-refractivity contribution in [1.29, 1.82) is 0 Å². The van der Waals surface area contributed by atoms with Crippen LogP contribution in [0, 0.1) is 5.82 Å². The standard InChI is InChI=1S/C18H16FN3O2S/c19-13-4-1-3-12(7-13)8-14-9-21-17(24-14)15-5-2-6-22(15)18(23)16-10-20-11-25-16/h1,3-4,7,9-11,15H,2,5-6,8H2. The van der Waals surface area contributed by atoms with Gasteiger partial charge in [-0.3, -0.25) is 9.78 Å². The number of hydrogen-bond donors (Lipinski definition) is 0. The number of hydrogen-bond acceptors (Lipinski definition) is 5. The molecule has 3 heterocycles. The third-order valence-corrected chi connectivity index (χ3v) is 5.04. The minimum absolute atomic E-state index is 0.0325. The van der Waals surface area contributed by atoms with E-state index in [-0.39, 0.29) is 17.8 Å². The Kier molecular flexibility index (Phi) is 4.31. The van der Waals surface area contributed by atoms with Gasteiger partial charge < -0.3 is 9.32 Å². The lowest BCUT2D eigenvalue weighted by Crippen LogP contribution is -2.30. The zero-order valence-electron chi connectivity index (χ0n) is 13.4. The molecular formula is C18H16FN3O2S. The van der Waals surface area contributed by atoms with Crippen LogP contribution in [0.5, 0.6) is 0 Å². The first kappa shape index (κ1) is 16.0. The predicted molar refractivity (Wildman–Crippen MR) is 90.8 cm³/mol. The van der Waals surface area contributed by atoms with Gasteiger partial charge in [0.25, 0.3) is 5.91 Å². The summed E-state index contributed by atoms with van der Waals surface area (Å²) in [6, 6.07) is 6.26. The van der Waals surface area contributed by atoms with E-state index in [4.69, 9.17) is 4.42 Å². The van der Waals surface area contributed by atoms with Crippen molar-refractivity contribution < 1.29 is 13.6 Å². The van der Waals surface area contributed by atoms with E-state index in [1.54, 1.807) is 28.9 Å². The van der Waals surface area contributed by atoms with E-state index in [0.29, 0.717) is 29.5 Å². The SMILES string of the molecule is O=C(c1cncs1)N1CCCC1c1ncc(Cc2cccc(F)c2)o1. The molecule has 7 heteroatoms. The monoisotopic (exact) mass is 357 g/mol. The maximum absolute atomic E-state index is 13.3. The van der Waals surface area contributed by atoms with Gasteiger partial charge in [-0.1, -0.05) is 12.1 Å². The van der Waals surface area contributed by atoms with Crippen molar-refractivity contribution in [2.75, 3.05) is 6.54 Å². The van der Waals surface area contributed by atoms with E-state index < -0.39 is 0 Å². The van der Waals surface area contributed by atoms with E-state index in [9.17, 15) is 9.18 Å². The molecule has 0 N–H and O–H groups in total. The molecule has 1 aliphatic heterocycles. The fourth-order valence-electron chi connectivity index (χ4n) is 3.14.